The van der Waals surface area contributed by atoms with Gasteiger partial charge in [-0.15, -0.1) is 0 Å². The summed E-state index contributed by atoms with van der Waals surface area (Å²) in [6, 6.07) is 8.06. The van der Waals surface area contributed by atoms with E-state index in [2.05, 4.69) is 4.98 Å². The van der Waals surface area contributed by atoms with Gasteiger partial charge in [-0.2, -0.15) is 0 Å². The molecular weight excluding hydrogens is 246 g/mol. The van der Waals surface area contributed by atoms with Gasteiger partial charge in [0.1, 0.15) is 0 Å². The molecule has 2 heterocycles. The Hall–Kier alpha value is -1.55. The molecule has 3 rings (SSSR count). The van der Waals surface area contributed by atoms with Gasteiger partial charge in [-0.3, -0.25) is 0 Å². The van der Waals surface area contributed by atoms with Crippen molar-refractivity contribution in [3.8, 4) is 11.1 Å². The van der Waals surface area contributed by atoms with Gasteiger partial charge < -0.3 is 4.98 Å². The SMILES string of the molecule is Cc1ccc2c(c1)CS(=O)(=O)Cc1[nH]c(C)cc1-2. The van der Waals surface area contributed by atoms with Crippen molar-refractivity contribution in [2.45, 2.75) is 25.4 Å². The summed E-state index contributed by atoms with van der Waals surface area (Å²) in [7, 11) is -3.08. The maximum atomic E-state index is 12.1. The molecule has 0 fully saturated rings. The van der Waals surface area contributed by atoms with Gasteiger partial charge >= 0.3 is 0 Å². The van der Waals surface area contributed by atoms with Crippen LogP contribution in [0.1, 0.15) is 22.5 Å². The van der Waals surface area contributed by atoms with E-state index in [0.29, 0.717) is 0 Å². The number of aromatic amines is 1. The van der Waals surface area contributed by atoms with E-state index in [1.807, 2.05) is 38.1 Å². The van der Waals surface area contributed by atoms with E-state index in [4.69, 9.17) is 0 Å². The Morgan fingerprint density at radius 2 is 1.83 bits per heavy atom. The fourth-order valence-corrected chi connectivity index (χ4v) is 4.09. The number of hydrogen-bond acceptors (Lipinski definition) is 2. The van der Waals surface area contributed by atoms with Gasteiger partial charge in [0.15, 0.2) is 9.84 Å². The van der Waals surface area contributed by atoms with Gasteiger partial charge in [0.25, 0.3) is 0 Å². The number of aryl methyl sites for hydroxylation is 2. The van der Waals surface area contributed by atoms with Crippen LogP contribution in [-0.2, 0) is 21.3 Å². The minimum Gasteiger partial charge on any atom is -0.361 e. The molecule has 1 aromatic carbocycles. The lowest BCUT2D eigenvalue weighted by Gasteiger charge is -2.06. The van der Waals surface area contributed by atoms with Gasteiger partial charge in [0, 0.05) is 17.0 Å². The molecule has 18 heavy (non-hydrogen) atoms. The first kappa shape index (κ1) is 11.5. The zero-order chi connectivity index (χ0) is 12.9. The quantitative estimate of drug-likeness (QED) is 0.792. The predicted octanol–water partition coefficient (Wildman–Crippen LogP) is 2.73. The van der Waals surface area contributed by atoms with Gasteiger partial charge in [0.2, 0.25) is 0 Å². The van der Waals surface area contributed by atoms with Gasteiger partial charge in [-0.25, -0.2) is 8.42 Å². The van der Waals surface area contributed by atoms with E-state index < -0.39 is 9.84 Å². The Morgan fingerprint density at radius 1 is 1.06 bits per heavy atom. The largest absolute Gasteiger partial charge is 0.361 e. The molecule has 1 aromatic heterocycles. The molecule has 1 N–H and O–H groups in total. The molecule has 1 aliphatic rings. The second-order valence-corrected chi connectivity index (χ2v) is 7.10. The molecule has 0 amide bonds. The predicted molar refractivity (Wildman–Crippen MR) is 72.0 cm³/mol. The van der Waals surface area contributed by atoms with Gasteiger partial charge in [0.05, 0.1) is 11.5 Å². The van der Waals surface area contributed by atoms with E-state index in [0.717, 1.165) is 33.6 Å². The lowest BCUT2D eigenvalue weighted by molar-refractivity contribution is 0.594. The van der Waals surface area contributed by atoms with Crippen molar-refractivity contribution in [2.75, 3.05) is 0 Å². The van der Waals surface area contributed by atoms with Crippen molar-refractivity contribution < 1.29 is 8.42 Å². The molecule has 0 saturated carbocycles. The molecule has 0 bridgehead atoms. The van der Waals surface area contributed by atoms with Crippen LogP contribution < -0.4 is 0 Å². The van der Waals surface area contributed by atoms with Gasteiger partial charge in [-0.1, -0.05) is 23.8 Å². The lowest BCUT2D eigenvalue weighted by Crippen LogP contribution is -2.06. The van der Waals surface area contributed by atoms with E-state index in [-0.39, 0.29) is 11.5 Å². The van der Waals surface area contributed by atoms with Crippen molar-refractivity contribution in [3.05, 3.63) is 46.8 Å². The normalized spacial score (nSPS) is 16.8. The second kappa shape index (κ2) is 3.72. The Morgan fingerprint density at radius 3 is 2.61 bits per heavy atom. The Kier molecular flexibility index (Phi) is 2.38. The second-order valence-electron chi connectivity index (χ2n) is 5.04. The number of nitrogens with one attached hydrogen (secondary N) is 1. The summed E-state index contributed by atoms with van der Waals surface area (Å²) in [6.07, 6.45) is 0. The summed E-state index contributed by atoms with van der Waals surface area (Å²) in [5, 5.41) is 0. The fraction of sp³-hybridized carbons (Fsp3) is 0.286. The highest BCUT2D eigenvalue weighted by Gasteiger charge is 2.24. The number of sulfone groups is 1. The van der Waals surface area contributed by atoms with Gasteiger partial charge in [-0.05, 0) is 31.0 Å². The molecule has 0 saturated heterocycles. The average molecular weight is 261 g/mol. The third-order valence-electron chi connectivity index (χ3n) is 3.32. The maximum absolute atomic E-state index is 12.1. The number of rotatable bonds is 0. The van der Waals surface area contributed by atoms with Crippen LogP contribution in [0, 0.1) is 13.8 Å². The number of aromatic nitrogens is 1. The number of benzene rings is 1. The molecule has 0 spiro atoms. The van der Waals surface area contributed by atoms with Crippen molar-refractivity contribution >= 4 is 9.84 Å². The third kappa shape index (κ3) is 1.86. The van der Waals surface area contributed by atoms with Crippen LogP contribution >= 0.6 is 0 Å². The van der Waals surface area contributed by atoms with Crippen LogP contribution in [-0.4, -0.2) is 13.4 Å². The first-order valence-corrected chi connectivity index (χ1v) is 7.75. The molecule has 2 aromatic rings. The monoisotopic (exact) mass is 261 g/mol. The highest BCUT2D eigenvalue weighted by atomic mass is 32.2. The summed E-state index contributed by atoms with van der Waals surface area (Å²) in [5.41, 5.74) is 5.90. The van der Waals surface area contributed by atoms with E-state index in [9.17, 15) is 8.42 Å². The molecule has 0 radical (unpaired) electrons. The van der Waals surface area contributed by atoms with Crippen molar-refractivity contribution in [1.82, 2.24) is 4.98 Å². The van der Waals surface area contributed by atoms with Crippen molar-refractivity contribution in [3.63, 3.8) is 0 Å². The van der Waals surface area contributed by atoms with Crippen LogP contribution in [0.15, 0.2) is 24.3 Å². The van der Waals surface area contributed by atoms with Crippen LogP contribution in [0.2, 0.25) is 0 Å². The molecule has 3 nitrogen and oxygen atoms in total. The number of hydrogen-bond donors (Lipinski definition) is 1. The zero-order valence-corrected chi connectivity index (χ0v) is 11.3. The molecule has 0 aliphatic carbocycles. The summed E-state index contributed by atoms with van der Waals surface area (Å²) in [5.74, 6) is 0.232. The smallest absolute Gasteiger partial charge is 0.160 e. The molecular formula is C14H15NO2S. The number of H-pyrrole nitrogens is 1. The Bertz CT molecular complexity index is 726. The first-order valence-electron chi connectivity index (χ1n) is 5.93. The van der Waals surface area contributed by atoms with Crippen molar-refractivity contribution in [2.24, 2.45) is 0 Å². The van der Waals surface area contributed by atoms with Crippen LogP contribution in [0.4, 0.5) is 0 Å². The third-order valence-corrected chi connectivity index (χ3v) is 4.80. The lowest BCUT2D eigenvalue weighted by atomic mass is 9.99. The molecule has 94 valence electrons. The topological polar surface area (TPSA) is 49.9 Å². The zero-order valence-electron chi connectivity index (χ0n) is 10.4. The van der Waals surface area contributed by atoms with E-state index in [1.54, 1.807) is 0 Å². The molecule has 1 aliphatic heterocycles. The average Bonchev–Trinajstić information content (AvgIpc) is 2.53. The standard InChI is InChI=1S/C14H15NO2S/c1-9-3-4-12-11(5-9)7-18(16,17)8-14-13(12)6-10(2)15-14/h3-6,15H,7-8H2,1-2H3. The molecule has 0 atom stereocenters. The minimum absolute atomic E-state index is 0.101. The Labute approximate surface area is 107 Å². The van der Waals surface area contributed by atoms with Crippen LogP contribution in [0.25, 0.3) is 11.1 Å². The fourth-order valence-electron chi connectivity index (χ4n) is 2.61. The Balaban J connectivity index is 2.34. The van der Waals surface area contributed by atoms with E-state index >= 15 is 0 Å². The molecule has 0 unspecified atom stereocenters. The number of fused-ring (bicyclic) bond motifs is 3. The highest BCUT2D eigenvalue weighted by Crippen LogP contribution is 2.34. The minimum atomic E-state index is -3.08. The first-order chi connectivity index (χ1) is 8.44. The highest BCUT2D eigenvalue weighted by molar-refractivity contribution is 7.89. The summed E-state index contributed by atoms with van der Waals surface area (Å²) in [4.78, 5) is 3.17. The van der Waals surface area contributed by atoms with Crippen LogP contribution in [0.3, 0.4) is 0 Å². The van der Waals surface area contributed by atoms with E-state index in [1.165, 1.54) is 0 Å². The summed E-state index contributed by atoms with van der Waals surface area (Å²) >= 11 is 0. The maximum Gasteiger partial charge on any atom is 0.160 e. The summed E-state index contributed by atoms with van der Waals surface area (Å²) < 4.78 is 24.2. The van der Waals surface area contributed by atoms with Crippen molar-refractivity contribution in [1.29, 1.82) is 0 Å². The molecule has 4 heteroatoms. The summed E-state index contributed by atoms with van der Waals surface area (Å²) in [6.45, 7) is 3.94. The van der Waals surface area contributed by atoms with Crippen LogP contribution in [0.5, 0.6) is 0 Å².